The van der Waals surface area contributed by atoms with Crippen LogP contribution in [0, 0.1) is 0 Å². The summed E-state index contributed by atoms with van der Waals surface area (Å²) < 4.78 is 5.16. The van der Waals surface area contributed by atoms with Gasteiger partial charge in [-0.05, 0) is 50.1 Å². The molecule has 2 amide bonds. The summed E-state index contributed by atoms with van der Waals surface area (Å²) >= 11 is 0. The summed E-state index contributed by atoms with van der Waals surface area (Å²) in [6.07, 6.45) is 5.36. The number of nitrogens with one attached hydrogen (secondary N) is 1. The number of ether oxygens (including phenoxy) is 1. The quantitative estimate of drug-likeness (QED) is 0.846. The molecular weight excluding hydrogens is 266 g/mol. The molecule has 0 heterocycles. The number of nitrogens with zero attached hydrogens (tertiary/aromatic N) is 1. The van der Waals surface area contributed by atoms with Crippen molar-refractivity contribution < 1.29 is 9.53 Å². The molecular formula is C16H25N3O2. The zero-order valence-electron chi connectivity index (χ0n) is 12.7. The molecule has 1 saturated carbocycles. The highest BCUT2D eigenvalue weighted by molar-refractivity contribution is 5.92. The first-order chi connectivity index (χ1) is 10.2. The molecule has 2 rings (SSSR count). The molecule has 0 unspecified atom stereocenters. The molecule has 1 fully saturated rings. The van der Waals surface area contributed by atoms with Crippen LogP contribution in [0.1, 0.15) is 32.1 Å². The fraction of sp³-hybridized carbons (Fsp3) is 0.562. The van der Waals surface area contributed by atoms with E-state index < -0.39 is 0 Å². The lowest BCUT2D eigenvalue weighted by Crippen LogP contribution is -2.45. The summed E-state index contributed by atoms with van der Waals surface area (Å²) in [5, 5.41) is 3.13. The fourth-order valence-corrected chi connectivity index (χ4v) is 2.68. The second-order valence-electron chi connectivity index (χ2n) is 5.42. The number of amides is 2. The Morgan fingerprint density at radius 3 is 2.57 bits per heavy atom. The average Bonchev–Trinajstić information content (AvgIpc) is 3.01. The molecule has 5 heteroatoms. The number of rotatable bonds is 6. The Hall–Kier alpha value is -1.75. The predicted molar refractivity (Wildman–Crippen MR) is 84.8 cm³/mol. The maximum Gasteiger partial charge on any atom is 0.322 e. The van der Waals surface area contributed by atoms with E-state index in [-0.39, 0.29) is 6.03 Å². The molecule has 0 radical (unpaired) electrons. The highest BCUT2D eigenvalue weighted by Crippen LogP contribution is 2.21. The number of urea groups is 1. The maximum absolute atomic E-state index is 12.5. The molecule has 0 spiro atoms. The van der Waals surface area contributed by atoms with E-state index in [2.05, 4.69) is 5.32 Å². The Bertz CT molecular complexity index is 441. The van der Waals surface area contributed by atoms with Crippen molar-refractivity contribution in [3.05, 3.63) is 24.3 Å². The molecule has 1 aromatic rings. The van der Waals surface area contributed by atoms with Crippen LogP contribution in [0.3, 0.4) is 0 Å². The number of methoxy groups -OCH3 is 1. The van der Waals surface area contributed by atoms with Crippen LogP contribution in [0.4, 0.5) is 10.5 Å². The van der Waals surface area contributed by atoms with E-state index in [9.17, 15) is 4.79 Å². The number of carbonyl (C=O) groups is 1. The first-order valence-corrected chi connectivity index (χ1v) is 7.66. The topological polar surface area (TPSA) is 67.6 Å². The van der Waals surface area contributed by atoms with Gasteiger partial charge in [-0.1, -0.05) is 12.8 Å². The van der Waals surface area contributed by atoms with Gasteiger partial charge in [0, 0.05) is 18.3 Å². The summed E-state index contributed by atoms with van der Waals surface area (Å²) in [7, 11) is 1.63. The molecule has 1 aliphatic rings. The van der Waals surface area contributed by atoms with Crippen molar-refractivity contribution in [2.24, 2.45) is 5.73 Å². The van der Waals surface area contributed by atoms with E-state index in [0.29, 0.717) is 19.1 Å². The Morgan fingerprint density at radius 2 is 2.00 bits per heavy atom. The minimum absolute atomic E-state index is 0.0273. The predicted octanol–water partition coefficient (Wildman–Crippen LogP) is 2.50. The molecule has 116 valence electrons. The lowest BCUT2D eigenvalue weighted by Gasteiger charge is -2.25. The van der Waals surface area contributed by atoms with Crippen LogP contribution in [-0.2, 0) is 0 Å². The molecule has 0 aromatic heterocycles. The number of anilines is 1. The van der Waals surface area contributed by atoms with Gasteiger partial charge < -0.3 is 15.8 Å². The molecule has 5 nitrogen and oxygen atoms in total. The van der Waals surface area contributed by atoms with Crippen LogP contribution in [-0.4, -0.2) is 32.3 Å². The molecule has 1 aliphatic carbocycles. The van der Waals surface area contributed by atoms with Gasteiger partial charge in [0.05, 0.1) is 7.11 Å². The van der Waals surface area contributed by atoms with Gasteiger partial charge >= 0.3 is 6.03 Å². The van der Waals surface area contributed by atoms with E-state index in [1.165, 1.54) is 12.8 Å². The molecule has 1 aromatic carbocycles. The SMILES string of the molecule is COc1ccc(N(CCCN)C(=O)NC2CCCC2)cc1. The zero-order valence-corrected chi connectivity index (χ0v) is 12.7. The van der Waals surface area contributed by atoms with E-state index >= 15 is 0 Å². The van der Waals surface area contributed by atoms with Crippen LogP contribution < -0.4 is 20.7 Å². The summed E-state index contributed by atoms with van der Waals surface area (Å²) in [6.45, 7) is 1.20. The highest BCUT2D eigenvalue weighted by atomic mass is 16.5. The van der Waals surface area contributed by atoms with E-state index in [4.69, 9.17) is 10.5 Å². The zero-order chi connectivity index (χ0) is 15.1. The molecule has 0 aliphatic heterocycles. The van der Waals surface area contributed by atoms with Gasteiger partial charge in [-0.3, -0.25) is 4.90 Å². The first kappa shape index (κ1) is 15.6. The van der Waals surface area contributed by atoms with Gasteiger partial charge in [-0.2, -0.15) is 0 Å². The smallest absolute Gasteiger partial charge is 0.322 e. The monoisotopic (exact) mass is 291 g/mol. The van der Waals surface area contributed by atoms with Crippen molar-refractivity contribution in [2.75, 3.05) is 25.1 Å². The number of nitrogens with two attached hydrogens (primary N) is 1. The highest BCUT2D eigenvalue weighted by Gasteiger charge is 2.21. The number of hydrogen-bond acceptors (Lipinski definition) is 3. The standard InChI is InChI=1S/C16H25N3O2/c1-21-15-9-7-14(8-10-15)19(12-4-11-17)16(20)18-13-5-2-3-6-13/h7-10,13H,2-6,11-12,17H2,1H3,(H,18,20). The van der Waals surface area contributed by atoms with E-state index in [1.807, 2.05) is 24.3 Å². The van der Waals surface area contributed by atoms with Gasteiger partial charge in [0.1, 0.15) is 5.75 Å². The van der Waals surface area contributed by atoms with E-state index in [0.717, 1.165) is 30.7 Å². The van der Waals surface area contributed by atoms with Gasteiger partial charge in [-0.25, -0.2) is 4.79 Å². The second kappa shape index (κ2) is 7.88. The molecule has 0 bridgehead atoms. The van der Waals surface area contributed by atoms with Crippen molar-refractivity contribution >= 4 is 11.7 Å². The molecule has 3 N–H and O–H groups in total. The van der Waals surface area contributed by atoms with Crippen molar-refractivity contribution in [1.29, 1.82) is 0 Å². The van der Waals surface area contributed by atoms with Gasteiger partial charge in [0.25, 0.3) is 0 Å². The van der Waals surface area contributed by atoms with Crippen molar-refractivity contribution in [3.63, 3.8) is 0 Å². The van der Waals surface area contributed by atoms with Crippen molar-refractivity contribution in [1.82, 2.24) is 5.32 Å². The van der Waals surface area contributed by atoms with Crippen LogP contribution in [0.15, 0.2) is 24.3 Å². The summed E-state index contributed by atoms with van der Waals surface area (Å²) in [5.74, 6) is 0.786. The van der Waals surface area contributed by atoms with Crippen LogP contribution in [0.5, 0.6) is 5.75 Å². The number of benzene rings is 1. The third kappa shape index (κ3) is 4.36. The third-order valence-electron chi connectivity index (χ3n) is 3.90. The van der Waals surface area contributed by atoms with Crippen molar-refractivity contribution in [3.8, 4) is 5.75 Å². The summed E-state index contributed by atoms with van der Waals surface area (Å²) in [6, 6.07) is 7.84. The number of carbonyl (C=O) groups excluding carboxylic acids is 1. The Morgan fingerprint density at radius 1 is 1.33 bits per heavy atom. The van der Waals surface area contributed by atoms with E-state index in [1.54, 1.807) is 12.0 Å². The normalized spacial score (nSPS) is 15.0. The minimum atomic E-state index is -0.0273. The van der Waals surface area contributed by atoms with Gasteiger partial charge in [0.2, 0.25) is 0 Å². The second-order valence-corrected chi connectivity index (χ2v) is 5.42. The summed E-state index contributed by atoms with van der Waals surface area (Å²) in [5.41, 5.74) is 6.46. The molecule has 0 atom stereocenters. The Labute approximate surface area is 126 Å². The maximum atomic E-state index is 12.5. The minimum Gasteiger partial charge on any atom is -0.497 e. The summed E-state index contributed by atoms with van der Waals surface area (Å²) in [4.78, 5) is 14.3. The molecule has 21 heavy (non-hydrogen) atoms. The van der Waals surface area contributed by atoms with Crippen molar-refractivity contribution in [2.45, 2.75) is 38.1 Å². The Balaban J connectivity index is 2.05. The van der Waals surface area contributed by atoms with Gasteiger partial charge in [0.15, 0.2) is 0 Å². The van der Waals surface area contributed by atoms with Crippen LogP contribution >= 0.6 is 0 Å². The first-order valence-electron chi connectivity index (χ1n) is 7.66. The lowest BCUT2D eigenvalue weighted by molar-refractivity contribution is 0.242. The van der Waals surface area contributed by atoms with Crippen LogP contribution in [0.25, 0.3) is 0 Å². The lowest BCUT2D eigenvalue weighted by atomic mass is 10.2. The Kier molecular flexibility index (Phi) is 5.87. The van der Waals surface area contributed by atoms with Gasteiger partial charge in [-0.15, -0.1) is 0 Å². The van der Waals surface area contributed by atoms with Crippen LogP contribution in [0.2, 0.25) is 0 Å². The third-order valence-corrected chi connectivity index (χ3v) is 3.90. The average molecular weight is 291 g/mol. The number of hydrogen-bond donors (Lipinski definition) is 2. The fourth-order valence-electron chi connectivity index (χ4n) is 2.68. The molecule has 0 saturated heterocycles. The largest absolute Gasteiger partial charge is 0.497 e.